The van der Waals surface area contributed by atoms with Crippen LogP contribution in [0.15, 0.2) is 54.6 Å². The molecule has 0 unspecified atom stereocenters. The Morgan fingerprint density at radius 1 is 1.00 bits per heavy atom. The van der Waals surface area contributed by atoms with Crippen LogP contribution in [-0.2, 0) is 17.6 Å². The summed E-state index contributed by atoms with van der Waals surface area (Å²) in [5.74, 6) is 0.0918. The van der Waals surface area contributed by atoms with Crippen molar-refractivity contribution in [2.45, 2.75) is 32.1 Å². The molecule has 0 radical (unpaired) electrons. The Morgan fingerprint density at radius 2 is 1.67 bits per heavy atom. The lowest BCUT2D eigenvalue weighted by molar-refractivity contribution is -0.121. The first-order chi connectivity index (χ1) is 11.2. The molecule has 1 aliphatic carbocycles. The maximum absolute atomic E-state index is 12.2. The number of carbonyl (C=O) groups is 1. The highest BCUT2D eigenvalue weighted by atomic mass is 35.5. The third-order valence-corrected chi connectivity index (χ3v) is 4.84. The molecule has 3 N–H and O–H groups in total. The first-order valence-corrected chi connectivity index (χ1v) is 8.30. The van der Waals surface area contributed by atoms with Crippen LogP contribution < -0.4 is 11.1 Å². The molecule has 24 heavy (non-hydrogen) atoms. The minimum absolute atomic E-state index is 0. The highest BCUT2D eigenvalue weighted by molar-refractivity contribution is 5.85. The molecule has 4 heteroatoms. The van der Waals surface area contributed by atoms with Crippen molar-refractivity contribution in [2.24, 2.45) is 5.41 Å². The standard InChI is InChI=1S/C20H24N2O.ClH/c21-18-9-7-16(8-10-18)13-19(23)22-15-20(11-4-12-20)14-17-5-2-1-3-6-17;/h1-3,5-10H,4,11-15,21H2,(H,22,23);1H. The van der Waals surface area contributed by atoms with Crippen molar-refractivity contribution in [3.05, 3.63) is 65.7 Å². The number of carbonyl (C=O) groups excluding carboxylic acids is 1. The number of benzene rings is 2. The predicted octanol–water partition coefficient (Wildman–Crippen LogP) is 3.76. The lowest BCUT2D eigenvalue weighted by Crippen LogP contribution is -2.44. The fraction of sp³-hybridized carbons (Fsp3) is 0.350. The monoisotopic (exact) mass is 344 g/mol. The van der Waals surface area contributed by atoms with Crippen LogP contribution in [-0.4, -0.2) is 12.5 Å². The van der Waals surface area contributed by atoms with E-state index in [1.165, 1.54) is 24.8 Å². The molecule has 0 bridgehead atoms. The molecule has 3 nitrogen and oxygen atoms in total. The molecule has 0 saturated heterocycles. The Balaban J connectivity index is 0.00000208. The first kappa shape index (κ1) is 18.3. The van der Waals surface area contributed by atoms with E-state index >= 15 is 0 Å². The number of hydrogen-bond donors (Lipinski definition) is 2. The Labute approximate surface area is 150 Å². The molecular formula is C20H25ClN2O. The van der Waals surface area contributed by atoms with Gasteiger partial charge in [-0.15, -0.1) is 12.4 Å². The van der Waals surface area contributed by atoms with E-state index in [0.717, 1.165) is 24.2 Å². The summed E-state index contributed by atoms with van der Waals surface area (Å²) in [6.07, 6.45) is 5.13. The summed E-state index contributed by atoms with van der Waals surface area (Å²) in [6.45, 7) is 0.774. The molecule has 1 amide bonds. The minimum Gasteiger partial charge on any atom is -0.399 e. The largest absolute Gasteiger partial charge is 0.399 e. The molecule has 0 heterocycles. The number of rotatable bonds is 6. The van der Waals surface area contributed by atoms with Crippen LogP contribution in [0.1, 0.15) is 30.4 Å². The smallest absolute Gasteiger partial charge is 0.224 e. The van der Waals surface area contributed by atoms with Crippen molar-refractivity contribution < 1.29 is 4.79 Å². The fourth-order valence-corrected chi connectivity index (χ4v) is 3.29. The van der Waals surface area contributed by atoms with E-state index in [1.807, 2.05) is 30.3 Å². The average Bonchev–Trinajstić information content (AvgIpc) is 2.53. The van der Waals surface area contributed by atoms with Crippen LogP contribution in [0.3, 0.4) is 0 Å². The van der Waals surface area contributed by atoms with E-state index in [1.54, 1.807) is 0 Å². The fourth-order valence-electron chi connectivity index (χ4n) is 3.29. The van der Waals surface area contributed by atoms with Crippen LogP contribution in [0.25, 0.3) is 0 Å². The number of halogens is 1. The van der Waals surface area contributed by atoms with Crippen molar-refractivity contribution in [3.8, 4) is 0 Å². The van der Waals surface area contributed by atoms with Gasteiger partial charge < -0.3 is 11.1 Å². The van der Waals surface area contributed by atoms with Gasteiger partial charge in [0.05, 0.1) is 6.42 Å². The van der Waals surface area contributed by atoms with Gasteiger partial charge in [-0.25, -0.2) is 0 Å². The second-order valence-electron chi connectivity index (χ2n) is 6.71. The summed E-state index contributed by atoms with van der Waals surface area (Å²) >= 11 is 0. The van der Waals surface area contributed by atoms with Crippen LogP contribution in [0.4, 0.5) is 5.69 Å². The van der Waals surface area contributed by atoms with Gasteiger partial charge in [-0.05, 0) is 47.9 Å². The van der Waals surface area contributed by atoms with E-state index < -0.39 is 0 Å². The normalized spacial score (nSPS) is 15.0. The SMILES string of the molecule is Cl.Nc1ccc(CC(=O)NCC2(Cc3ccccc3)CCC2)cc1. The van der Waals surface area contributed by atoms with E-state index in [4.69, 9.17) is 5.73 Å². The quantitative estimate of drug-likeness (QED) is 0.784. The molecule has 1 fully saturated rings. The maximum atomic E-state index is 12.2. The number of amides is 1. The van der Waals surface area contributed by atoms with E-state index in [9.17, 15) is 4.79 Å². The van der Waals surface area contributed by atoms with Crippen LogP contribution >= 0.6 is 12.4 Å². The van der Waals surface area contributed by atoms with Gasteiger partial charge in [-0.3, -0.25) is 4.79 Å². The summed E-state index contributed by atoms with van der Waals surface area (Å²) in [5, 5.41) is 3.14. The lowest BCUT2D eigenvalue weighted by atomic mass is 9.65. The summed E-state index contributed by atoms with van der Waals surface area (Å²) in [6, 6.07) is 18.1. The third kappa shape index (κ3) is 4.75. The second kappa shape index (κ2) is 8.20. The molecule has 1 aliphatic rings. The van der Waals surface area contributed by atoms with Crippen LogP contribution in [0, 0.1) is 5.41 Å². The molecule has 1 saturated carbocycles. The number of hydrogen-bond acceptors (Lipinski definition) is 2. The molecule has 2 aromatic rings. The van der Waals surface area contributed by atoms with Gasteiger partial charge in [-0.1, -0.05) is 48.9 Å². The van der Waals surface area contributed by atoms with Gasteiger partial charge in [0.25, 0.3) is 0 Å². The van der Waals surface area contributed by atoms with Gasteiger partial charge in [-0.2, -0.15) is 0 Å². The third-order valence-electron chi connectivity index (χ3n) is 4.84. The second-order valence-corrected chi connectivity index (χ2v) is 6.71. The zero-order valence-corrected chi connectivity index (χ0v) is 14.6. The van der Waals surface area contributed by atoms with Gasteiger partial charge in [0.1, 0.15) is 0 Å². The number of nitrogen functional groups attached to an aromatic ring is 1. The Morgan fingerprint density at radius 3 is 2.25 bits per heavy atom. The van der Waals surface area contributed by atoms with Gasteiger partial charge in [0.2, 0.25) is 5.91 Å². The van der Waals surface area contributed by atoms with E-state index in [0.29, 0.717) is 6.42 Å². The number of nitrogens with two attached hydrogens (primary N) is 1. The van der Waals surface area contributed by atoms with Crippen molar-refractivity contribution in [1.29, 1.82) is 0 Å². The highest BCUT2D eigenvalue weighted by Gasteiger charge is 2.37. The molecule has 0 aromatic heterocycles. The zero-order valence-electron chi connectivity index (χ0n) is 13.8. The van der Waals surface area contributed by atoms with Crippen molar-refractivity contribution in [1.82, 2.24) is 5.32 Å². The van der Waals surface area contributed by atoms with Crippen molar-refractivity contribution in [2.75, 3.05) is 12.3 Å². The highest BCUT2D eigenvalue weighted by Crippen LogP contribution is 2.43. The summed E-state index contributed by atoms with van der Waals surface area (Å²) in [5.41, 5.74) is 9.01. The average molecular weight is 345 g/mol. The molecule has 0 atom stereocenters. The van der Waals surface area contributed by atoms with E-state index in [-0.39, 0.29) is 23.7 Å². The van der Waals surface area contributed by atoms with Gasteiger partial charge in [0.15, 0.2) is 0 Å². The van der Waals surface area contributed by atoms with Crippen LogP contribution in [0.5, 0.6) is 0 Å². The molecule has 0 aliphatic heterocycles. The zero-order chi connectivity index (χ0) is 16.1. The van der Waals surface area contributed by atoms with Crippen molar-refractivity contribution in [3.63, 3.8) is 0 Å². The summed E-state index contributed by atoms with van der Waals surface area (Å²) in [7, 11) is 0. The topological polar surface area (TPSA) is 55.1 Å². The Hall–Kier alpha value is -2.00. The molecular weight excluding hydrogens is 320 g/mol. The Kier molecular flexibility index (Phi) is 6.27. The Bertz CT molecular complexity index is 651. The van der Waals surface area contributed by atoms with Crippen molar-refractivity contribution >= 4 is 24.0 Å². The lowest BCUT2D eigenvalue weighted by Gasteiger charge is -2.42. The number of anilines is 1. The van der Waals surface area contributed by atoms with Gasteiger partial charge >= 0.3 is 0 Å². The molecule has 2 aromatic carbocycles. The maximum Gasteiger partial charge on any atom is 0.224 e. The first-order valence-electron chi connectivity index (χ1n) is 8.30. The molecule has 0 spiro atoms. The summed E-state index contributed by atoms with van der Waals surface area (Å²) < 4.78 is 0. The van der Waals surface area contributed by atoms with Gasteiger partial charge in [0, 0.05) is 12.2 Å². The minimum atomic E-state index is 0. The number of nitrogens with one attached hydrogen (secondary N) is 1. The van der Waals surface area contributed by atoms with E-state index in [2.05, 4.69) is 29.6 Å². The summed E-state index contributed by atoms with van der Waals surface area (Å²) in [4.78, 5) is 12.2. The predicted molar refractivity (Wildman–Crippen MR) is 101 cm³/mol. The molecule has 3 rings (SSSR count). The molecule has 128 valence electrons. The van der Waals surface area contributed by atoms with Crippen LogP contribution in [0.2, 0.25) is 0 Å².